The highest BCUT2D eigenvalue weighted by molar-refractivity contribution is 6.02. The van der Waals surface area contributed by atoms with E-state index in [4.69, 9.17) is 14.6 Å². The summed E-state index contributed by atoms with van der Waals surface area (Å²) in [5, 5.41) is 26.8. The zero-order valence-corrected chi connectivity index (χ0v) is 17.4. The van der Waals surface area contributed by atoms with Crippen LogP contribution in [0.2, 0.25) is 0 Å². The minimum Gasteiger partial charge on any atom is -0.504 e. The molecule has 3 aromatic carbocycles. The predicted molar refractivity (Wildman–Crippen MR) is 118 cm³/mol. The molecule has 0 saturated heterocycles. The number of hydrazone groups is 1. The number of hydrogen-bond donors (Lipinski definition) is 1. The lowest BCUT2D eigenvalue weighted by molar-refractivity contribution is 0.196. The van der Waals surface area contributed by atoms with Crippen molar-refractivity contribution in [2.45, 2.75) is 18.5 Å². The second kappa shape index (κ2) is 8.80. The van der Waals surface area contributed by atoms with E-state index in [0.717, 1.165) is 22.6 Å². The third kappa shape index (κ3) is 4.03. The molecule has 0 fully saturated rings. The number of methoxy groups -OCH3 is 2. The molecule has 1 aliphatic heterocycles. The van der Waals surface area contributed by atoms with Crippen LogP contribution in [0.4, 0.5) is 0 Å². The molecule has 2 unspecified atom stereocenters. The molecular formula is C25H23N3O3. The molecule has 0 aromatic heterocycles. The summed E-state index contributed by atoms with van der Waals surface area (Å²) in [6.07, 6.45) is 0.670. The van der Waals surface area contributed by atoms with Crippen LogP contribution >= 0.6 is 0 Å². The van der Waals surface area contributed by atoms with Crippen LogP contribution in [-0.4, -0.2) is 30.0 Å². The first-order chi connectivity index (χ1) is 15.1. The first-order valence-corrected chi connectivity index (χ1v) is 9.96. The minimum atomic E-state index is -0.643. The second-order valence-corrected chi connectivity index (χ2v) is 7.25. The van der Waals surface area contributed by atoms with Crippen LogP contribution in [0.3, 0.4) is 0 Å². The molecule has 1 heterocycles. The van der Waals surface area contributed by atoms with Crippen LogP contribution in [0.25, 0.3) is 0 Å². The first kappa shape index (κ1) is 20.3. The van der Waals surface area contributed by atoms with Gasteiger partial charge in [-0.2, -0.15) is 10.4 Å². The fourth-order valence-corrected chi connectivity index (χ4v) is 3.82. The van der Waals surface area contributed by atoms with Gasteiger partial charge in [-0.1, -0.05) is 36.4 Å². The minimum absolute atomic E-state index is 0.0337. The average Bonchev–Trinajstić information content (AvgIpc) is 3.26. The van der Waals surface area contributed by atoms with E-state index in [2.05, 4.69) is 18.2 Å². The number of ether oxygens (including phenoxy) is 2. The Hall–Kier alpha value is -3.98. The lowest BCUT2D eigenvalue weighted by atomic mass is 9.96. The molecule has 0 aliphatic carbocycles. The molecule has 0 radical (unpaired) electrons. The third-order valence-corrected chi connectivity index (χ3v) is 5.46. The van der Waals surface area contributed by atoms with Gasteiger partial charge in [0.15, 0.2) is 17.5 Å². The van der Waals surface area contributed by atoms with Gasteiger partial charge in [-0.3, -0.25) is 5.01 Å². The van der Waals surface area contributed by atoms with E-state index in [1.165, 1.54) is 7.11 Å². The largest absolute Gasteiger partial charge is 0.504 e. The summed E-state index contributed by atoms with van der Waals surface area (Å²) in [5.41, 5.74) is 3.69. The number of hydrogen-bond acceptors (Lipinski definition) is 6. The molecule has 0 bridgehead atoms. The van der Waals surface area contributed by atoms with Crippen molar-refractivity contribution in [2.24, 2.45) is 5.10 Å². The van der Waals surface area contributed by atoms with Crippen molar-refractivity contribution < 1.29 is 14.6 Å². The SMILES string of the molecule is COc1ccc(C2=NN(C(C#N)c3ccc(O)c(OC)c3)C(c3ccccc3)C2)cc1. The molecule has 3 aromatic rings. The quantitative estimate of drug-likeness (QED) is 0.627. The average molecular weight is 413 g/mol. The summed E-state index contributed by atoms with van der Waals surface area (Å²) < 4.78 is 10.5. The van der Waals surface area contributed by atoms with Gasteiger partial charge in [-0.15, -0.1) is 0 Å². The number of nitriles is 1. The highest BCUT2D eigenvalue weighted by Gasteiger charge is 2.34. The van der Waals surface area contributed by atoms with Gasteiger partial charge in [0.05, 0.1) is 32.0 Å². The number of rotatable bonds is 6. The monoisotopic (exact) mass is 413 g/mol. The molecule has 0 saturated carbocycles. The summed E-state index contributed by atoms with van der Waals surface area (Å²) in [5.74, 6) is 1.14. The number of phenolic OH excluding ortho intramolecular Hbond substituents is 1. The number of phenols is 1. The van der Waals surface area contributed by atoms with Gasteiger partial charge < -0.3 is 14.6 Å². The van der Waals surface area contributed by atoms with Crippen molar-refractivity contribution in [3.05, 3.63) is 89.5 Å². The summed E-state index contributed by atoms with van der Waals surface area (Å²) >= 11 is 0. The Morgan fingerprint density at radius 1 is 1.03 bits per heavy atom. The maximum atomic E-state index is 10.1. The van der Waals surface area contributed by atoms with Crippen molar-refractivity contribution in [2.75, 3.05) is 14.2 Å². The molecular weight excluding hydrogens is 390 g/mol. The Labute approximate surface area is 181 Å². The molecule has 156 valence electrons. The normalized spacial score (nSPS) is 16.4. The summed E-state index contributed by atoms with van der Waals surface area (Å²) in [7, 11) is 3.13. The first-order valence-electron chi connectivity index (χ1n) is 9.96. The van der Waals surface area contributed by atoms with Crippen LogP contribution in [0, 0.1) is 11.3 Å². The van der Waals surface area contributed by atoms with Crippen molar-refractivity contribution in [3.8, 4) is 23.3 Å². The van der Waals surface area contributed by atoms with Gasteiger partial charge >= 0.3 is 0 Å². The Balaban J connectivity index is 1.75. The smallest absolute Gasteiger partial charge is 0.160 e. The lowest BCUT2D eigenvalue weighted by Crippen LogP contribution is -2.24. The third-order valence-electron chi connectivity index (χ3n) is 5.46. The zero-order chi connectivity index (χ0) is 21.8. The topological polar surface area (TPSA) is 78.1 Å². The zero-order valence-electron chi connectivity index (χ0n) is 17.4. The highest BCUT2D eigenvalue weighted by atomic mass is 16.5. The maximum Gasteiger partial charge on any atom is 0.160 e. The maximum absolute atomic E-state index is 10.1. The van der Waals surface area contributed by atoms with Gasteiger partial charge in [0.2, 0.25) is 0 Å². The molecule has 4 rings (SSSR count). The number of benzene rings is 3. The van der Waals surface area contributed by atoms with Crippen LogP contribution < -0.4 is 9.47 Å². The van der Waals surface area contributed by atoms with E-state index in [1.54, 1.807) is 25.3 Å². The highest BCUT2D eigenvalue weighted by Crippen LogP contribution is 2.40. The predicted octanol–water partition coefficient (Wildman–Crippen LogP) is 4.83. The Morgan fingerprint density at radius 3 is 2.42 bits per heavy atom. The standard InChI is InChI=1S/C25H23N3O3/c1-30-20-11-8-17(9-12-20)21-15-22(18-6-4-3-5-7-18)28(27-21)23(16-26)19-10-13-24(29)25(14-19)31-2/h3-14,22-23,29H,15H2,1-2H3. The fourth-order valence-electron chi connectivity index (χ4n) is 3.82. The molecule has 0 spiro atoms. The summed E-state index contributed by atoms with van der Waals surface area (Å²) in [4.78, 5) is 0. The molecule has 0 amide bonds. The van der Waals surface area contributed by atoms with E-state index < -0.39 is 6.04 Å². The number of aromatic hydroxyl groups is 1. The molecule has 31 heavy (non-hydrogen) atoms. The van der Waals surface area contributed by atoms with Gasteiger partial charge in [0.25, 0.3) is 0 Å². The van der Waals surface area contributed by atoms with Gasteiger partial charge in [-0.05, 0) is 53.1 Å². The van der Waals surface area contributed by atoms with Gasteiger partial charge in [-0.25, -0.2) is 0 Å². The molecule has 6 nitrogen and oxygen atoms in total. The Kier molecular flexibility index (Phi) is 5.76. The summed E-state index contributed by atoms with van der Waals surface area (Å²) in [6, 6.07) is 24.4. The molecule has 1 aliphatic rings. The van der Waals surface area contributed by atoms with Crippen molar-refractivity contribution in [1.82, 2.24) is 5.01 Å². The van der Waals surface area contributed by atoms with Crippen LogP contribution in [0.5, 0.6) is 17.2 Å². The van der Waals surface area contributed by atoms with E-state index in [9.17, 15) is 10.4 Å². The lowest BCUT2D eigenvalue weighted by Gasteiger charge is -2.28. The Bertz CT molecular complexity index is 1120. The fraction of sp³-hybridized carbons (Fsp3) is 0.200. The Morgan fingerprint density at radius 2 is 1.77 bits per heavy atom. The van der Waals surface area contributed by atoms with Crippen molar-refractivity contribution in [3.63, 3.8) is 0 Å². The molecule has 1 N–H and O–H groups in total. The van der Waals surface area contributed by atoms with Crippen LogP contribution in [0.1, 0.15) is 35.2 Å². The second-order valence-electron chi connectivity index (χ2n) is 7.25. The molecule has 6 heteroatoms. The van der Waals surface area contributed by atoms with Crippen molar-refractivity contribution >= 4 is 5.71 Å². The number of nitrogens with zero attached hydrogens (tertiary/aromatic N) is 3. The van der Waals surface area contributed by atoms with E-state index in [1.807, 2.05) is 47.5 Å². The van der Waals surface area contributed by atoms with Gasteiger partial charge in [0, 0.05) is 6.42 Å². The van der Waals surface area contributed by atoms with E-state index in [0.29, 0.717) is 17.7 Å². The van der Waals surface area contributed by atoms with E-state index >= 15 is 0 Å². The van der Waals surface area contributed by atoms with E-state index in [-0.39, 0.29) is 11.8 Å². The van der Waals surface area contributed by atoms with Crippen LogP contribution in [-0.2, 0) is 0 Å². The summed E-state index contributed by atoms with van der Waals surface area (Å²) in [6.45, 7) is 0. The van der Waals surface area contributed by atoms with Gasteiger partial charge in [0.1, 0.15) is 5.75 Å². The molecule has 2 atom stereocenters. The van der Waals surface area contributed by atoms with Crippen molar-refractivity contribution in [1.29, 1.82) is 5.26 Å². The van der Waals surface area contributed by atoms with Crippen LogP contribution in [0.15, 0.2) is 77.9 Å².